The summed E-state index contributed by atoms with van der Waals surface area (Å²) in [5.41, 5.74) is 3.10. The van der Waals surface area contributed by atoms with E-state index in [-0.39, 0.29) is 0 Å². The topological polar surface area (TPSA) is 42.8 Å². The van der Waals surface area contributed by atoms with Crippen LogP contribution in [0.4, 0.5) is 0 Å². The lowest BCUT2D eigenvalue weighted by Gasteiger charge is -2.06. The molecule has 0 saturated heterocycles. The quantitative estimate of drug-likeness (QED) is 0.730. The van der Waals surface area contributed by atoms with E-state index in [1.807, 2.05) is 43.5 Å². The lowest BCUT2D eigenvalue weighted by atomic mass is 10.2. The largest absolute Gasteiger partial charge is 0.492 e. The van der Waals surface area contributed by atoms with Crippen LogP contribution in [0.2, 0.25) is 0 Å². The molecule has 3 rings (SSSR count). The Bertz CT molecular complexity index is 792. The molecule has 2 heterocycles. The molecule has 3 aromatic rings. The minimum Gasteiger partial charge on any atom is -0.492 e. The summed E-state index contributed by atoms with van der Waals surface area (Å²) in [6.07, 6.45) is 2.66. The maximum absolute atomic E-state index is 5.65. The van der Waals surface area contributed by atoms with Gasteiger partial charge < -0.3 is 14.3 Å². The van der Waals surface area contributed by atoms with Gasteiger partial charge in [-0.1, -0.05) is 12.1 Å². The molecule has 5 heteroatoms. The van der Waals surface area contributed by atoms with Gasteiger partial charge in [0.05, 0.1) is 12.1 Å². The Labute approximate surface area is 128 Å². The molecule has 0 aliphatic carbocycles. The van der Waals surface area contributed by atoms with Crippen LogP contribution in [-0.4, -0.2) is 21.1 Å². The van der Waals surface area contributed by atoms with Gasteiger partial charge >= 0.3 is 0 Å². The van der Waals surface area contributed by atoms with Crippen molar-refractivity contribution in [3.8, 4) is 5.75 Å². The summed E-state index contributed by atoms with van der Waals surface area (Å²) in [5.74, 6) is 0.845. The highest BCUT2D eigenvalue weighted by Gasteiger charge is 2.09. The van der Waals surface area contributed by atoms with E-state index >= 15 is 0 Å². The maximum atomic E-state index is 5.65. The molecule has 0 atom stereocenters. The predicted molar refractivity (Wildman–Crippen MR) is 86.2 cm³/mol. The van der Waals surface area contributed by atoms with Gasteiger partial charge in [0.1, 0.15) is 11.3 Å². The molecule has 0 aliphatic rings. The fourth-order valence-electron chi connectivity index (χ4n) is 2.42. The van der Waals surface area contributed by atoms with Crippen LogP contribution in [0.25, 0.3) is 11.0 Å². The molecular formula is C16H17N3OS. The predicted octanol–water partition coefficient (Wildman–Crippen LogP) is 3.74. The van der Waals surface area contributed by atoms with Crippen LogP contribution in [0.3, 0.4) is 0 Å². The number of benzene rings is 1. The molecule has 21 heavy (non-hydrogen) atoms. The monoisotopic (exact) mass is 299 g/mol. The Morgan fingerprint density at radius 2 is 2.14 bits per heavy atom. The first kappa shape index (κ1) is 13.8. The lowest BCUT2D eigenvalue weighted by Crippen LogP contribution is -2.02. The standard InChI is InChI=1S/C16H17N3OS/c1-2-20-14-8-5-7-13-15(14)18-16(21)19(13)11-9-12-6-3-4-10-17-12/h3-8,10H,2,9,11H2,1H3,(H,18,21). The van der Waals surface area contributed by atoms with Gasteiger partial charge in [-0.25, -0.2) is 0 Å². The Kier molecular flexibility index (Phi) is 4.01. The van der Waals surface area contributed by atoms with Gasteiger partial charge in [-0.2, -0.15) is 0 Å². The van der Waals surface area contributed by atoms with E-state index < -0.39 is 0 Å². The molecule has 1 N–H and O–H groups in total. The van der Waals surface area contributed by atoms with Crippen molar-refractivity contribution in [1.29, 1.82) is 0 Å². The van der Waals surface area contributed by atoms with Crippen LogP contribution in [-0.2, 0) is 13.0 Å². The highest BCUT2D eigenvalue weighted by molar-refractivity contribution is 7.71. The lowest BCUT2D eigenvalue weighted by molar-refractivity contribution is 0.343. The summed E-state index contributed by atoms with van der Waals surface area (Å²) < 4.78 is 8.46. The third-order valence-electron chi connectivity index (χ3n) is 3.39. The molecule has 2 aromatic heterocycles. The van der Waals surface area contributed by atoms with Crippen LogP contribution >= 0.6 is 12.2 Å². The van der Waals surface area contributed by atoms with Crippen molar-refractivity contribution in [3.63, 3.8) is 0 Å². The summed E-state index contributed by atoms with van der Waals surface area (Å²) in [6, 6.07) is 12.0. The normalized spacial score (nSPS) is 10.9. The van der Waals surface area contributed by atoms with Crippen molar-refractivity contribution in [2.75, 3.05) is 6.61 Å². The first-order valence-corrected chi connectivity index (χ1v) is 7.44. The fourth-order valence-corrected chi connectivity index (χ4v) is 2.72. The number of rotatable bonds is 5. The van der Waals surface area contributed by atoms with E-state index in [2.05, 4.69) is 20.6 Å². The number of ether oxygens (including phenoxy) is 1. The zero-order valence-electron chi connectivity index (χ0n) is 11.9. The van der Waals surface area contributed by atoms with E-state index in [0.29, 0.717) is 11.4 Å². The number of aromatic amines is 1. The van der Waals surface area contributed by atoms with Crippen LogP contribution in [0.15, 0.2) is 42.6 Å². The second kappa shape index (κ2) is 6.10. The van der Waals surface area contributed by atoms with E-state index in [0.717, 1.165) is 35.4 Å². The Morgan fingerprint density at radius 1 is 1.24 bits per heavy atom. The molecular weight excluding hydrogens is 282 g/mol. The SMILES string of the molecule is CCOc1cccc2c1[nH]c(=S)n2CCc1ccccn1. The van der Waals surface area contributed by atoms with Crippen LogP contribution in [0.1, 0.15) is 12.6 Å². The van der Waals surface area contributed by atoms with Gasteiger partial charge in [-0.05, 0) is 43.4 Å². The van der Waals surface area contributed by atoms with E-state index in [4.69, 9.17) is 17.0 Å². The van der Waals surface area contributed by atoms with Gasteiger partial charge in [0.25, 0.3) is 0 Å². The molecule has 0 aliphatic heterocycles. The number of aryl methyl sites for hydroxylation is 2. The number of hydrogen-bond donors (Lipinski definition) is 1. The first-order valence-electron chi connectivity index (χ1n) is 7.04. The Hall–Kier alpha value is -2.14. The van der Waals surface area contributed by atoms with Crippen molar-refractivity contribution in [2.45, 2.75) is 19.9 Å². The first-order chi connectivity index (χ1) is 10.3. The number of para-hydroxylation sites is 1. The Morgan fingerprint density at radius 3 is 2.90 bits per heavy atom. The zero-order chi connectivity index (χ0) is 14.7. The molecule has 0 unspecified atom stereocenters. The third-order valence-corrected chi connectivity index (χ3v) is 3.71. The van der Waals surface area contributed by atoms with E-state index in [9.17, 15) is 0 Å². The minimum atomic E-state index is 0.638. The van der Waals surface area contributed by atoms with Gasteiger partial charge in [-0.3, -0.25) is 4.98 Å². The zero-order valence-corrected chi connectivity index (χ0v) is 12.7. The van der Waals surface area contributed by atoms with Gasteiger partial charge in [0.15, 0.2) is 4.77 Å². The molecule has 0 spiro atoms. The fraction of sp³-hybridized carbons (Fsp3) is 0.250. The molecule has 0 fully saturated rings. The minimum absolute atomic E-state index is 0.638. The highest BCUT2D eigenvalue weighted by Crippen LogP contribution is 2.25. The van der Waals surface area contributed by atoms with Gasteiger partial charge in [-0.15, -0.1) is 0 Å². The van der Waals surface area contributed by atoms with E-state index in [1.54, 1.807) is 0 Å². The van der Waals surface area contributed by atoms with E-state index in [1.165, 1.54) is 0 Å². The molecule has 108 valence electrons. The number of pyridine rings is 1. The molecule has 0 saturated carbocycles. The third kappa shape index (κ3) is 2.83. The smallest absolute Gasteiger partial charge is 0.178 e. The Balaban J connectivity index is 1.93. The summed E-state index contributed by atoms with van der Waals surface area (Å²) in [6.45, 7) is 3.41. The van der Waals surface area contributed by atoms with Crippen LogP contribution in [0, 0.1) is 4.77 Å². The number of aromatic nitrogens is 3. The molecule has 1 aromatic carbocycles. The van der Waals surface area contributed by atoms with Crippen molar-refractivity contribution in [3.05, 3.63) is 53.1 Å². The van der Waals surface area contributed by atoms with Crippen LogP contribution in [0.5, 0.6) is 5.75 Å². The highest BCUT2D eigenvalue weighted by atomic mass is 32.1. The van der Waals surface area contributed by atoms with Gasteiger partial charge in [0.2, 0.25) is 0 Å². The second-order valence-electron chi connectivity index (χ2n) is 4.74. The number of nitrogens with zero attached hydrogens (tertiary/aromatic N) is 2. The van der Waals surface area contributed by atoms with Crippen molar-refractivity contribution < 1.29 is 4.74 Å². The summed E-state index contributed by atoms with van der Waals surface area (Å²) >= 11 is 5.44. The number of nitrogens with one attached hydrogen (secondary N) is 1. The average Bonchev–Trinajstić information content (AvgIpc) is 2.83. The van der Waals surface area contributed by atoms with Gasteiger partial charge in [0, 0.05) is 24.9 Å². The molecule has 0 radical (unpaired) electrons. The summed E-state index contributed by atoms with van der Waals surface area (Å²) in [7, 11) is 0. The summed E-state index contributed by atoms with van der Waals surface area (Å²) in [4.78, 5) is 7.60. The molecule has 0 bridgehead atoms. The maximum Gasteiger partial charge on any atom is 0.178 e. The van der Waals surface area contributed by atoms with Crippen molar-refractivity contribution in [1.82, 2.24) is 14.5 Å². The number of imidazole rings is 1. The second-order valence-corrected chi connectivity index (χ2v) is 5.12. The number of fused-ring (bicyclic) bond motifs is 1. The summed E-state index contributed by atoms with van der Waals surface area (Å²) in [5, 5.41) is 0. The van der Waals surface area contributed by atoms with Crippen molar-refractivity contribution in [2.24, 2.45) is 0 Å². The molecule has 0 amide bonds. The number of hydrogen-bond acceptors (Lipinski definition) is 3. The average molecular weight is 299 g/mol. The molecule has 4 nitrogen and oxygen atoms in total. The van der Waals surface area contributed by atoms with Crippen molar-refractivity contribution >= 4 is 23.3 Å². The number of H-pyrrole nitrogens is 1. The van der Waals surface area contributed by atoms with Crippen LogP contribution < -0.4 is 4.74 Å².